The van der Waals surface area contributed by atoms with E-state index in [0.717, 1.165) is 18.8 Å². The van der Waals surface area contributed by atoms with E-state index in [1.54, 1.807) is 12.1 Å². The molecular formula is C13H18N2O2. The fourth-order valence-electron chi connectivity index (χ4n) is 2.27. The van der Waals surface area contributed by atoms with E-state index in [2.05, 4.69) is 4.90 Å². The van der Waals surface area contributed by atoms with Crippen molar-refractivity contribution in [3.8, 4) is 0 Å². The van der Waals surface area contributed by atoms with E-state index < -0.39 is 5.97 Å². The molecule has 1 heterocycles. The number of aromatic carboxylic acids is 1. The first-order chi connectivity index (χ1) is 8.18. The molecule has 0 radical (unpaired) electrons. The number of hydrogen-bond donors (Lipinski definition) is 2. The summed E-state index contributed by atoms with van der Waals surface area (Å²) in [6.45, 7) is 2.07. The predicted molar refractivity (Wildman–Crippen MR) is 68.5 cm³/mol. The molecule has 4 heteroatoms. The zero-order valence-electron chi connectivity index (χ0n) is 9.85. The molecule has 0 spiro atoms. The molecule has 0 atom stereocenters. The van der Waals surface area contributed by atoms with Crippen LogP contribution in [-0.4, -0.2) is 24.2 Å². The van der Waals surface area contributed by atoms with Crippen molar-refractivity contribution in [2.75, 3.05) is 23.7 Å². The third-order valence-corrected chi connectivity index (χ3v) is 3.24. The minimum absolute atomic E-state index is 0.184. The van der Waals surface area contributed by atoms with Crippen molar-refractivity contribution in [3.63, 3.8) is 0 Å². The number of nitrogens with two attached hydrogens (primary N) is 1. The molecule has 1 saturated heterocycles. The summed E-state index contributed by atoms with van der Waals surface area (Å²) < 4.78 is 0. The van der Waals surface area contributed by atoms with Crippen molar-refractivity contribution < 1.29 is 9.90 Å². The van der Waals surface area contributed by atoms with Gasteiger partial charge in [-0.05, 0) is 31.0 Å². The molecule has 1 aliphatic rings. The summed E-state index contributed by atoms with van der Waals surface area (Å²) >= 11 is 0. The largest absolute Gasteiger partial charge is 0.478 e. The van der Waals surface area contributed by atoms with Crippen LogP contribution in [0.2, 0.25) is 0 Å². The predicted octanol–water partition coefficient (Wildman–Crippen LogP) is 2.35. The third-order valence-electron chi connectivity index (χ3n) is 3.24. The maximum Gasteiger partial charge on any atom is 0.337 e. The number of anilines is 2. The summed E-state index contributed by atoms with van der Waals surface area (Å²) in [5, 5.41) is 8.92. The third kappa shape index (κ3) is 2.70. The Labute approximate surface area is 101 Å². The van der Waals surface area contributed by atoms with Crippen LogP contribution in [-0.2, 0) is 0 Å². The van der Waals surface area contributed by atoms with Gasteiger partial charge in [0, 0.05) is 24.5 Å². The maximum atomic E-state index is 10.9. The van der Waals surface area contributed by atoms with Gasteiger partial charge in [0.15, 0.2) is 0 Å². The molecule has 1 aliphatic heterocycles. The number of benzene rings is 1. The quantitative estimate of drug-likeness (QED) is 0.771. The van der Waals surface area contributed by atoms with Crippen LogP contribution in [0, 0.1) is 0 Å². The molecule has 0 aliphatic carbocycles. The highest BCUT2D eigenvalue weighted by Crippen LogP contribution is 2.24. The van der Waals surface area contributed by atoms with Crippen LogP contribution in [0.25, 0.3) is 0 Å². The van der Waals surface area contributed by atoms with Gasteiger partial charge < -0.3 is 15.7 Å². The van der Waals surface area contributed by atoms with Crippen molar-refractivity contribution in [2.45, 2.75) is 25.7 Å². The Hall–Kier alpha value is -1.71. The van der Waals surface area contributed by atoms with Gasteiger partial charge in [-0.2, -0.15) is 0 Å². The van der Waals surface area contributed by atoms with Crippen LogP contribution in [0.15, 0.2) is 18.2 Å². The molecule has 1 aromatic carbocycles. The topological polar surface area (TPSA) is 66.6 Å². The molecule has 92 valence electrons. The Kier molecular flexibility index (Phi) is 3.52. The van der Waals surface area contributed by atoms with E-state index >= 15 is 0 Å². The van der Waals surface area contributed by atoms with Crippen molar-refractivity contribution in [1.29, 1.82) is 0 Å². The molecule has 1 fully saturated rings. The molecule has 0 amide bonds. The molecular weight excluding hydrogens is 216 g/mol. The van der Waals surface area contributed by atoms with Gasteiger partial charge >= 0.3 is 5.97 Å². The minimum Gasteiger partial charge on any atom is -0.478 e. The van der Waals surface area contributed by atoms with E-state index in [4.69, 9.17) is 10.8 Å². The molecule has 0 bridgehead atoms. The van der Waals surface area contributed by atoms with Gasteiger partial charge in [-0.25, -0.2) is 4.79 Å². The summed E-state index contributed by atoms with van der Waals surface area (Å²) in [7, 11) is 0. The van der Waals surface area contributed by atoms with Gasteiger partial charge in [-0.1, -0.05) is 12.8 Å². The van der Waals surface area contributed by atoms with E-state index in [0.29, 0.717) is 5.69 Å². The zero-order chi connectivity index (χ0) is 12.3. The Morgan fingerprint density at radius 1 is 1.18 bits per heavy atom. The first kappa shape index (κ1) is 11.8. The van der Waals surface area contributed by atoms with Gasteiger partial charge in [-0.3, -0.25) is 0 Å². The Morgan fingerprint density at radius 2 is 1.82 bits per heavy atom. The van der Waals surface area contributed by atoms with Crippen LogP contribution in [0.5, 0.6) is 0 Å². The molecule has 17 heavy (non-hydrogen) atoms. The summed E-state index contributed by atoms with van der Waals surface area (Å²) in [6.07, 6.45) is 4.94. The summed E-state index contributed by atoms with van der Waals surface area (Å²) in [6, 6.07) is 5.22. The smallest absolute Gasteiger partial charge is 0.337 e. The number of carbonyl (C=O) groups is 1. The number of hydrogen-bond acceptors (Lipinski definition) is 3. The molecule has 1 aromatic rings. The first-order valence-corrected chi connectivity index (χ1v) is 6.06. The van der Waals surface area contributed by atoms with Crippen LogP contribution in [0.1, 0.15) is 36.0 Å². The van der Waals surface area contributed by atoms with Crippen molar-refractivity contribution in [1.82, 2.24) is 0 Å². The lowest BCUT2D eigenvalue weighted by Gasteiger charge is -2.23. The van der Waals surface area contributed by atoms with E-state index in [1.165, 1.54) is 25.7 Å². The van der Waals surface area contributed by atoms with Crippen LogP contribution >= 0.6 is 0 Å². The summed E-state index contributed by atoms with van der Waals surface area (Å²) in [4.78, 5) is 13.2. The van der Waals surface area contributed by atoms with Crippen molar-refractivity contribution in [3.05, 3.63) is 23.8 Å². The molecule has 0 aromatic heterocycles. The van der Waals surface area contributed by atoms with Gasteiger partial charge in [0.2, 0.25) is 0 Å². The molecule has 0 unspecified atom stereocenters. The molecule has 4 nitrogen and oxygen atoms in total. The van der Waals surface area contributed by atoms with Crippen molar-refractivity contribution >= 4 is 17.3 Å². The minimum atomic E-state index is -0.968. The van der Waals surface area contributed by atoms with E-state index in [9.17, 15) is 4.79 Å². The first-order valence-electron chi connectivity index (χ1n) is 6.06. The van der Waals surface area contributed by atoms with Crippen LogP contribution < -0.4 is 10.6 Å². The lowest BCUT2D eigenvalue weighted by Crippen LogP contribution is -2.24. The number of nitrogen functional groups attached to an aromatic ring is 1. The Morgan fingerprint density at radius 3 is 2.35 bits per heavy atom. The van der Waals surface area contributed by atoms with Crippen LogP contribution in [0.3, 0.4) is 0 Å². The summed E-state index contributed by atoms with van der Waals surface area (Å²) in [5.41, 5.74) is 7.33. The zero-order valence-corrected chi connectivity index (χ0v) is 9.85. The Balaban J connectivity index is 2.21. The fourth-order valence-corrected chi connectivity index (χ4v) is 2.27. The van der Waals surface area contributed by atoms with Crippen LogP contribution in [0.4, 0.5) is 11.4 Å². The van der Waals surface area contributed by atoms with E-state index in [1.807, 2.05) is 6.07 Å². The molecule has 2 rings (SSSR count). The number of rotatable bonds is 2. The second-order valence-corrected chi connectivity index (χ2v) is 4.48. The van der Waals surface area contributed by atoms with Crippen molar-refractivity contribution in [2.24, 2.45) is 0 Å². The number of nitrogens with zero attached hydrogens (tertiary/aromatic N) is 1. The van der Waals surface area contributed by atoms with Gasteiger partial charge in [0.1, 0.15) is 0 Å². The average Bonchev–Trinajstić information content (AvgIpc) is 2.56. The van der Waals surface area contributed by atoms with E-state index in [-0.39, 0.29) is 5.56 Å². The average molecular weight is 234 g/mol. The highest BCUT2D eigenvalue weighted by Gasteiger charge is 2.13. The van der Waals surface area contributed by atoms with Gasteiger partial charge in [0.05, 0.1) is 5.56 Å². The normalized spacial score (nSPS) is 16.6. The SMILES string of the molecule is Nc1cc(N2CCCCCC2)ccc1C(=O)O. The lowest BCUT2D eigenvalue weighted by molar-refractivity contribution is 0.0698. The number of carboxylic acid groups (broad SMARTS) is 1. The number of carboxylic acids is 1. The highest BCUT2D eigenvalue weighted by molar-refractivity contribution is 5.94. The molecule has 0 saturated carbocycles. The summed E-state index contributed by atoms with van der Waals surface area (Å²) in [5.74, 6) is -0.968. The second kappa shape index (κ2) is 5.08. The maximum absolute atomic E-state index is 10.9. The second-order valence-electron chi connectivity index (χ2n) is 4.48. The highest BCUT2D eigenvalue weighted by atomic mass is 16.4. The molecule has 3 N–H and O–H groups in total. The van der Waals surface area contributed by atoms with Gasteiger partial charge in [0.25, 0.3) is 0 Å². The van der Waals surface area contributed by atoms with Gasteiger partial charge in [-0.15, -0.1) is 0 Å². The fraction of sp³-hybridized carbons (Fsp3) is 0.462. The monoisotopic (exact) mass is 234 g/mol. The Bertz CT molecular complexity index is 410. The lowest BCUT2D eigenvalue weighted by atomic mass is 10.1. The standard InChI is InChI=1S/C13H18N2O2/c14-12-9-10(5-6-11(12)13(16)17)15-7-3-1-2-4-8-15/h5-6,9H,1-4,7-8,14H2,(H,16,17).